The number of aromatic amines is 1. The van der Waals surface area contributed by atoms with Crippen LogP contribution in [0.4, 0.5) is 4.79 Å². The van der Waals surface area contributed by atoms with Crippen LogP contribution in [0.1, 0.15) is 29.3 Å². The van der Waals surface area contributed by atoms with E-state index in [4.69, 9.17) is 4.74 Å². The lowest BCUT2D eigenvalue weighted by Gasteiger charge is -2.16. The van der Waals surface area contributed by atoms with Gasteiger partial charge in [0.15, 0.2) is 11.9 Å². The summed E-state index contributed by atoms with van der Waals surface area (Å²) in [5.41, 5.74) is 0.589. The van der Waals surface area contributed by atoms with Gasteiger partial charge in [0.05, 0.1) is 5.39 Å². The van der Waals surface area contributed by atoms with E-state index in [1.807, 2.05) is 13.8 Å². The molecule has 0 aromatic carbocycles. The van der Waals surface area contributed by atoms with E-state index in [0.29, 0.717) is 10.2 Å². The van der Waals surface area contributed by atoms with Crippen LogP contribution in [-0.4, -0.2) is 57.8 Å². The minimum atomic E-state index is -0.826. The molecular weight excluding hydrogens is 360 g/mol. The Morgan fingerprint density at radius 3 is 2.65 bits per heavy atom. The van der Waals surface area contributed by atoms with Crippen LogP contribution in [0.15, 0.2) is 4.79 Å². The van der Waals surface area contributed by atoms with Crippen molar-refractivity contribution in [3.63, 3.8) is 0 Å². The standard InChI is InChI=1S/C16H18N4O5S/c1-7-9(3)26-15-12(7)14(23)17-13(18-15)8(2)25-11(22)6-20-10(21)5-19(4)16(20)24/h8H,5-6H2,1-4H3,(H,17,18,23)/t8-/m1/s1. The third kappa shape index (κ3) is 3.07. The van der Waals surface area contributed by atoms with Crippen LogP contribution in [0.3, 0.4) is 0 Å². The first-order valence-electron chi connectivity index (χ1n) is 7.94. The average Bonchev–Trinajstić information content (AvgIpc) is 2.98. The van der Waals surface area contributed by atoms with E-state index in [0.717, 1.165) is 15.3 Å². The largest absolute Gasteiger partial charge is 0.453 e. The zero-order valence-corrected chi connectivity index (χ0v) is 15.6. The van der Waals surface area contributed by atoms with Gasteiger partial charge in [0, 0.05) is 11.9 Å². The molecule has 138 valence electrons. The molecule has 2 aromatic heterocycles. The summed E-state index contributed by atoms with van der Waals surface area (Å²) in [4.78, 5) is 58.5. The highest BCUT2D eigenvalue weighted by molar-refractivity contribution is 7.18. The van der Waals surface area contributed by atoms with Crippen LogP contribution in [0, 0.1) is 13.8 Å². The van der Waals surface area contributed by atoms with Gasteiger partial charge in [-0.3, -0.25) is 19.3 Å². The molecule has 3 heterocycles. The molecule has 0 saturated carbocycles. The van der Waals surface area contributed by atoms with Gasteiger partial charge in [-0.25, -0.2) is 9.78 Å². The molecule has 2 aromatic rings. The number of amides is 3. The van der Waals surface area contributed by atoms with Crippen LogP contribution in [0.2, 0.25) is 0 Å². The smallest absolute Gasteiger partial charge is 0.327 e. The predicted molar refractivity (Wildman–Crippen MR) is 94.0 cm³/mol. The number of aryl methyl sites for hydroxylation is 2. The van der Waals surface area contributed by atoms with E-state index < -0.39 is 30.6 Å². The summed E-state index contributed by atoms with van der Waals surface area (Å²) in [7, 11) is 1.48. The Morgan fingerprint density at radius 1 is 1.35 bits per heavy atom. The van der Waals surface area contributed by atoms with Crippen molar-refractivity contribution < 1.29 is 19.1 Å². The monoisotopic (exact) mass is 378 g/mol. The zero-order chi connectivity index (χ0) is 19.2. The van der Waals surface area contributed by atoms with Crippen LogP contribution < -0.4 is 5.56 Å². The second-order valence-electron chi connectivity index (χ2n) is 6.17. The quantitative estimate of drug-likeness (QED) is 0.630. The van der Waals surface area contributed by atoms with Crippen molar-refractivity contribution in [3.8, 4) is 0 Å². The number of nitrogens with one attached hydrogen (secondary N) is 1. The maximum atomic E-state index is 12.3. The van der Waals surface area contributed by atoms with Gasteiger partial charge < -0.3 is 14.6 Å². The van der Waals surface area contributed by atoms with Crippen molar-refractivity contribution in [2.45, 2.75) is 26.9 Å². The van der Waals surface area contributed by atoms with Crippen molar-refractivity contribution >= 4 is 39.5 Å². The summed E-state index contributed by atoms with van der Waals surface area (Å²) >= 11 is 1.40. The van der Waals surface area contributed by atoms with E-state index in [1.165, 1.54) is 23.3 Å². The number of likely N-dealkylation sites (N-methyl/N-ethyl adjacent to an activating group) is 1. The number of hydrogen-bond donors (Lipinski definition) is 1. The van der Waals surface area contributed by atoms with Gasteiger partial charge in [0.2, 0.25) is 0 Å². The fourth-order valence-corrected chi connectivity index (χ4v) is 3.74. The van der Waals surface area contributed by atoms with Crippen molar-refractivity contribution in [3.05, 3.63) is 26.6 Å². The van der Waals surface area contributed by atoms with Gasteiger partial charge in [0.25, 0.3) is 11.5 Å². The maximum Gasteiger partial charge on any atom is 0.327 e. The lowest BCUT2D eigenvalue weighted by Crippen LogP contribution is -2.37. The van der Waals surface area contributed by atoms with Crippen LogP contribution in [0.25, 0.3) is 10.2 Å². The van der Waals surface area contributed by atoms with E-state index in [9.17, 15) is 19.2 Å². The minimum Gasteiger partial charge on any atom is -0.453 e. The van der Waals surface area contributed by atoms with Crippen molar-refractivity contribution in [2.24, 2.45) is 0 Å². The molecule has 3 rings (SSSR count). The van der Waals surface area contributed by atoms with Crippen molar-refractivity contribution in [2.75, 3.05) is 20.1 Å². The molecule has 1 aliphatic rings. The first kappa shape index (κ1) is 18.1. The number of aromatic nitrogens is 2. The molecule has 1 saturated heterocycles. The number of esters is 1. The molecule has 0 radical (unpaired) electrons. The lowest BCUT2D eigenvalue weighted by molar-refractivity contribution is -0.151. The Kier molecular flexibility index (Phi) is 4.53. The molecule has 1 fully saturated rings. The number of ether oxygens (including phenoxy) is 1. The summed E-state index contributed by atoms with van der Waals surface area (Å²) in [6.45, 7) is 4.79. The fourth-order valence-electron chi connectivity index (χ4n) is 2.71. The Bertz CT molecular complexity index is 979. The highest BCUT2D eigenvalue weighted by atomic mass is 32.1. The van der Waals surface area contributed by atoms with Crippen molar-refractivity contribution in [1.82, 2.24) is 19.8 Å². The molecule has 1 aliphatic heterocycles. The predicted octanol–water partition coefficient (Wildman–Crippen LogP) is 1.10. The molecular formula is C16H18N4O5S. The number of fused-ring (bicyclic) bond motifs is 1. The summed E-state index contributed by atoms with van der Waals surface area (Å²) < 4.78 is 5.24. The molecule has 0 bridgehead atoms. The molecule has 0 spiro atoms. The zero-order valence-electron chi connectivity index (χ0n) is 14.8. The highest BCUT2D eigenvalue weighted by Gasteiger charge is 2.35. The number of nitrogens with zero attached hydrogens (tertiary/aromatic N) is 3. The number of H-pyrrole nitrogens is 1. The number of thiophene rings is 1. The minimum absolute atomic E-state index is 0.0652. The van der Waals surface area contributed by atoms with Gasteiger partial charge in [-0.2, -0.15) is 0 Å². The average molecular weight is 378 g/mol. The second-order valence-corrected chi connectivity index (χ2v) is 7.37. The van der Waals surface area contributed by atoms with Crippen LogP contribution >= 0.6 is 11.3 Å². The molecule has 9 nitrogen and oxygen atoms in total. The maximum absolute atomic E-state index is 12.3. The molecule has 1 N–H and O–H groups in total. The van der Waals surface area contributed by atoms with Gasteiger partial charge in [0.1, 0.15) is 17.9 Å². The van der Waals surface area contributed by atoms with Gasteiger partial charge in [-0.05, 0) is 26.3 Å². The Hall–Kier alpha value is -2.75. The van der Waals surface area contributed by atoms with E-state index in [2.05, 4.69) is 9.97 Å². The van der Waals surface area contributed by atoms with E-state index in [1.54, 1.807) is 6.92 Å². The SMILES string of the molecule is Cc1sc2nc([C@@H](C)OC(=O)CN3C(=O)CN(C)C3=O)[nH]c(=O)c2c1C. The summed E-state index contributed by atoms with van der Waals surface area (Å²) in [5.74, 6) is -0.997. The third-order valence-corrected chi connectivity index (χ3v) is 5.37. The molecule has 0 unspecified atom stereocenters. The first-order chi connectivity index (χ1) is 12.2. The van der Waals surface area contributed by atoms with Crippen molar-refractivity contribution in [1.29, 1.82) is 0 Å². The molecule has 10 heteroatoms. The van der Waals surface area contributed by atoms with E-state index in [-0.39, 0.29) is 17.9 Å². The Balaban J connectivity index is 1.76. The molecule has 1 atom stereocenters. The number of rotatable bonds is 4. The van der Waals surface area contributed by atoms with Crippen LogP contribution in [0.5, 0.6) is 0 Å². The first-order valence-corrected chi connectivity index (χ1v) is 8.75. The lowest BCUT2D eigenvalue weighted by atomic mass is 10.2. The number of imide groups is 1. The van der Waals surface area contributed by atoms with Crippen LogP contribution in [-0.2, 0) is 14.3 Å². The normalized spacial score (nSPS) is 15.8. The molecule has 0 aliphatic carbocycles. The number of urea groups is 1. The van der Waals surface area contributed by atoms with Gasteiger partial charge in [-0.1, -0.05) is 0 Å². The number of carbonyl (C=O) groups excluding carboxylic acids is 3. The summed E-state index contributed by atoms with van der Waals surface area (Å²) in [6, 6.07) is -0.544. The number of carbonyl (C=O) groups is 3. The highest BCUT2D eigenvalue weighted by Crippen LogP contribution is 2.26. The third-order valence-electron chi connectivity index (χ3n) is 4.27. The summed E-state index contributed by atoms with van der Waals surface area (Å²) in [6.07, 6.45) is -0.826. The summed E-state index contributed by atoms with van der Waals surface area (Å²) in [5, 5.41) is 0.533. The Morgan fingerprint density at radius 2 is 2.04 bits per heavy atom. The van der Waals surface area contributed by atoms with E-state index >= 15 is 0 Å². The topological polar surface area (TPSA) is 113 Å². The van der Waals surface area contributed by atoms with Gasteiger partial charge in [-0.15, -0.1) is 11.3 Å². The Labute approximate surface area is 152 Å². The second kappa shape index (κ2) is 6.52. The molecule has 26 heavy (non-hydrogen) atoms. The molecule has 3 amide bonds. The fraction of sp³-hybridized carbons (Fsp3) is 0.438. The number of hydrogen-bond acceptors (Lipinski definition) is 7. The van der Waals surface area contributed by atoms with Gasteiger partial charge >= 0.3 is 12.0 Å².